The van der Waals surface area contributed by atoms with Crippen molar-refractivity contribution in [3.05, 3.63) is 29.3 Å². The smallest absolute Gasteiger partial charge is 0.182 e. The Hall–Kier alpha value is -1.16. The molecule has 1 fully saturated rings. The van der Waals surface area contributed by atoms with Gasteiger partial charge < -0.3 is 9.64 Å². The topological polar surface area (TPSA) is 12.5 Å². The fraction of sp³-hybridized carbons (Fsp3) is 0.500. The van der Waals surface area contributed by atoms with E-state index in [0.29, 0.717) is 44.0 Å². The van der Waals surface area contributed by atoms with Crippen LogP contribution in [-0.2, 0) is 11.2 Å². The lowest BCUT2D eigenvalue weighted by Crippen LogP contribution is -2.36. The summed E-state index contributed by atoms with van der Waals surface area (Å²) in [6.45, 7) is 4.17. The number of anilines is 1. The zero-order valence-corrected chi connectivity index (χ0v) is 9.30. The van der Waals surface area contributed by atoms with Gasteiger partial charge in [-0.3, -0.25) is 0 Å². The van der Waals surface area contributed by atoms with Gasteiger partial charge in [-0.25, -0.2) is 8.78 Å². The average molecular weight is 227 g/mol. The lowest BCUT2D eigenvalue weighted by molar-refractivity contribution is 0.122. The standard InChI is InChI=1S/C12H15F2NO/c1-2-9-3-4-10(12(14)11(9)13)15-5-7-16-8-6-15/h3-4H,2,5-8H2,1H3. The number of aryl methyl sites for hydroxylation is 1. The van der Waals surface area contributed by atoms with E-state index >= 15 is 0 Å². The molecule has 0 unspecified atom stereocenters. The zero-order valence-electron chi connectivity index (χ0n) is 9.30. The molecule has 1 aromatic rings. The van der Waals surface area contributed by atoms with E-state index in [1.165, 1.54) is 0 Å². The molecule has 4 heteroatoms. The second-order valence-corrected chi connectivity index (χ2v) is 3.82. The summed E-state index contributed by atoms with van der Waals surface area (Å²) >= 11 is 0. The van der Waals surface area contributed by atoms with E-state index in [2.05, 4.69) is 0 Å². The molecular weight excluding hydrogens is 212 g/mol. The predicted molar refractivity (Wildman–Crippen MR) is 58.8 cm³/mol. The first kappa shape index (κ1) is 11.3. The van der Waals surface area contributed by atoms with Crippen LogP contribution in [0.4, 0.5) is 14.5 Å². The summed E-state index contributed by atoms with van der Waals surface area (Å²) in [7, 11) is 0. The molecule has 2 rings (SSSR count). The van der Waals surface area contributed by atoms with Gasteiger partial charge in [-0.15, -0.1) is 0 Å². The molecular formula is C12H15F2NO. The van der Waals surface area contributed by atoms with Gasteiger partial charge in [-0.05, 0) is 18.1 Å². The van der Waals surface area contributed by atoms with Crippen LogP contribution >= 0.6 is 0 Å². The Morgan fingerprint density at radius 2 is 1.88 bits per heavy atom. The summed E-state index contributed by atoms with van der Waals surface area (Å²) in [5, 5.41) is 0. The van der Waals surface area contributed by atoms with Crippen LogP contribution in [0.25, 0.3) is 0 Å². The van der Waals surface area contributed by atoms with E-state index in [1.807, 2.05) is 11.8 Å². The Labute approximate surface area is 93.8 Å². The van der Waals surface area contributed by atoms with Gasteiger partial charge in [0.05, 0.1) is 18.9 Å². The summed E-state index contributed by atoms with van der Waals surface area (Å²) in [4.78, 5) is 1.82. The van der Waals surface area contributed by atoms with Crippen molar-refractivity contribution in [3.63, 3.8) is 0 Å². The zero-order chi connectivity index (χ0) is 11.5. The highest BCUT2D eigenvalue weighted by Crippen LogP contribution is 2.25. The lowest BCUT2D eigenvalue weighted by atomic mass is 10.1. The van der Waals surface area contributed by atoms with Crippen LogP contribution in [-0.4, -0.2) is 26.3 Å². The number of rotatable bonds is 2. The number of benzene rings is 1. The highest BCUT2D eigenvalue weighted by molar-refractivity contribution is 5.50. The molecule has 2 nitrogen and oxygen atoms in total. The van der Waals surface area contributed by atoms with Gasteiger partial charge in [-0.1, -0.05) is 13.0 Å². The van der Waals surface area contributed by atoms with Crippen molar-refractivity contribution in [2.45, 2.75) is 13.3 Å². The summed E-state index contributed by atoms with van der Waals surface area (Å²) in [5.41, 5.74) is 0.771. The lowest BCUT2D eigenvalue weighted by Gasteiger charge is -2.29. The highest BCUT2D eigenvalue weighted by atomic mass is 19.2. The van der Waals surface area contributed by atoms with Crippen LogP contribution in [0.1, 0.15) is 12.5 Å². The van der Waals surface area contributed by atoms with Crippen molar-refractivity contribution >= 4 is 5.69 Å². The van der Waals surface area contributed by atoms with E-state index in [9.17, 15) is 8.78 Å². The maximum absolute atomic E-state index is 13.8. The third-order valence-electron chi connectivity index (χ3n) is 2.87. The minimum Gasteiger partial charge on any atom is -0.378 e. The number of morpholine rings is 1. The Morgan fingerprint density at radius 1 is 1.19 bits per heavy atom. The first-order valence-electron chi connectivity index (χ1n) is 5.53. The van der Waals surface area contributed by atoms with Crippen LogP contribution < -0.4 is 4.90 Å². The molecule has 0 radical (unpaired) electrons. The monoisotopic (exact) mass is 227 g/mol. The minimum absolute atomic E-state index is 0.345. The predicted octanol–water partition coefficient (Wildman–Crippen LogP) is 2.36. The third-order valence-corrected chi connectivity index (χ3v) is 2.87. The summed E-state index contributed by atoms with van der Waals surface area (Å²) in [5.74, 6) is -1.45. The van der Waals surface area contributed by atoms with Crippen LogP contribution in [0.3, 0.4) is 0 Å². The van der Waals surface area contributed by atoms with Gasteiger partial charge in [0.2, 0.25) is 0 Å². The molecule has 1 aliphatic rings. The van der Waals surface area contributed by atoms with Crippen LogP contribution in [0.2, 0.25) is 0 Å². The first-order chi connectivity index (χ1) is 7.74. The number of ether oxygens (including phenoxy) is 1. The second-order valence-electron chi connectivity index (χ2n) is 3.82. The van der Waals surface area contributed by atoms with E-state index < -0.39 is 11.6 Å². The molecule has 1 aliphatic heterocycles. The molecule has 0 bridgehead atoms. The fourth-order valence-corrected chi connectivity index (χ4v) is 1.90. The Balaban J connectivity index is 2.30. The molecule has 0 aliphatic carbocycles. The Kier molecular flexibility index (Phi) is 3.39. The number of hydrogen-bond donors (Lipinski definition) is 0. The summed E-state index contributed by atoms with van der Waals surface area (Å²) in [6.07, 6.45) is 0.506. The van der Waals surface area contributed by atoms with Crippen molar-refractivity contribution in [1.29, 1.82) is 0 Å². The fourth-order valence-electron chi connectivity index (χ4n) is 1.90. The normalized spacial score (nSPS) is 16.6. The molecule has 0 aromatic heterocycles. The second kappa shape index (κ2) is 4.78. The largest absolute Gasteiger partial charge is 0.378 e. The SMILES string of the molecule is CCc1ccc(N2CCOCC2)c(F)c1F. The van der Waals surface area contributed by atoms with Gasteiger partial charge >= 0.3 is 0 Å². The minimum atomic E-state index is -0.735. The van der Waals surface area contributed by atoms with Crippen molar-refractivity contribution in [2.24, 2.45) is 0 Å². The van der Waals surface area contributed by atoms with E-state index in [0.717, 1.165) is 0 Å². The molecule has 1 aromatic carbocycles. The quantitative estimate of drug-likeness (QED) is 0.769. The maximum atomic E-state index is 13.8. The average Bonchev–Trinajstić information content (AvgIpc) is 2.34. The van der Waals surface area contributed by atoms with Crippen LogP contribution in [0, 0.1) is 11.6 Å². The van der Waals surface area contributed by atoms with Gasteiger partial charge in [-0.2, -0.15) is 0 Å². The molecule has 0 N–H and O–H groups in total. The maximum Gasteiger partial charge on any atom is 0.182 e. The van der Waals surface area contributed by atoms with Gasteiger partial charge in [0.1, 0.15) is 0 Å². The van der Waals surface area contributed by atoms with Crippen LogP contribution in [0.15, 0.2) is 12.1 Å². The van der Waals surface area contributed by atoms with Gasteiger partial charge in [0.25, 0.3) is 0 Å². The molecule has 0 saturated carbocycles. The molecule has 0 atom stereocenters. The van der Waals surface area contributed by atoms with Crippen molar-refractivity contribution in [1.82, 2.24) is 0 Å². The molecule has 1 saturated heterocycles. The molecule has 16 heavy (non-hydrogen) atoms. The third kappa shape index (κ3) is 2.02. The molecule has 0 amide bonds. The molecule has 1 heterocycles. The van der Waals surface area contributed by atoms with E-state index in [-0.39, 0.29) is 0 Å². The van der Waals surface area contributed by atoms with Crippen molar-refractivity contribution < 1.29 is 13.5 Å². The van der Waals surface area contributed by atoms with Gasteiger partial charge in [0, 0.05) is 13.1 Å². The Morgan fingerprint density at radius 3 is 2.50 bits per heavy atom. The van der Waals surface area contributed by atoms with Crippen LogP contribution in [0.5, 0.6) is 0 Å². The number of nitrogens with zero attached hydrogens (tertiary/aromatic N) is 1. The molecule has 0 spiro atoms. The molecule has 88 valence electrons. The van der Waals surface area contributed by atoms with E-state index in [4.69, 9.17) is 4.74 Å². The highest BCUT2D eigenvalue weighted by Gasteiger charge is 2.19. The number of hydrogen-bond acceptors (Lipinski definition) is 2. The summed E-state index contributed by atoms with van der Waals surface area (Å²) in [6, 6.07) is 3.31. The first-order valence-corrected chi connectivity index (χ1v) is 5.53. The van der Waals surface area contributed by atoms with Gasteiger partial charge in [0.15, 0.2) is 11.6 Å². The Bertz CT molecular complexity index is 376. The number of halogens is 2. The van der Waals surface area contributed by atoms with Crippen molar-refractivity contribution in [2.75, 3.05) is 31.2 Å². The van der Waals surface area contributed by atoms with Crippen molar-refractivity contribution in [3.8, 4) is 0 Å². The summed E-state index contributed by atoms with van der Waals surface area (Å²) < 4.78 is 32.5. The van der Waals surface area contributed by atoms with E-state index in [1.54, 1.807) is 12.1 Å².